The van der Waals surface area contributed by atoms with Crippen molar-refractivity contribution in [3.8, 4) is 5.75 Å². The highest BCUT2D eigenvalue weighted by molar-refractivity contribution is 5.97. The first-order chi connectivity index (χ1) is 9.51. The van der Waals surface area contributed by atoms with Crippen LogP contribution in [0.5, 0.6) is 5.75 Å². The van der Waals surface area contributed by atoms with Crippen molar-refractivity contribution in [3.63, 3.8) is 0 Å². The third-order valence-electron chi connectivity index (χ3n) is 3.59. The average Bonchev–Trinajstić information content (AvgIpc) is 2.42. The summed E-state index contributed by atoms with van der Waals surface area (Å²) in [6.07, 6.45) is 0.449. The zero-order valence-electron chi connectivity index (χ0n) is 12.5. The lowest BCUT2D eigenvalue weighted by atomic mass is 9.94. The van der Waals surface area contributed by atoms with Crippen molar-refractivity contribution < 1.29 is 9.53 Å². The molecule has 0 heterocycles. The van der Waals surface area contributed by atoms with Crippen molar-refractivity contribution >= 4 is 5.78 Å². The number of aryl methyl sites for hydroxylation is 3. The Labute approximate surface area is 120 Å². The zero-order valence-corrected chi connectivity index (χ0v) is 12.5. The Morgan fingerprint density at radius 2 is 1.55 bits per heavy atom. The maximum absolute atomic E-state index is 12.4. The summed E-state index contributed by atoms with van der Waals surface area (Å²) in [7, 11) is 1.62. The minimum absolute atomic E-state index is 0.141. The van der Waals surface area contributed by atoms with Crippen molar-refractivity contribution in [2.45, 2.75) is 27.2 Å². The smallest absolute Gasteiger partial charge is 0.167 e. The third-order valence-corrected chi connectivity index (χ3v) is 3.59. The molecule has 104 valence electrons. The molecule has 0 radical (unpaired) electrons. The minimum Gasteiger partial charge on any atom is -0.497 e. The molecule has 0 spiro atoms. The monoisotopic (exact) mass is 268 g/mol. The van der Waals surface area contributed by atoms with E-state index >= 15 is 0 Å². The molecule has 0 amide bonds. The molecule has 0 bridgehead atoms. The van der Waals surface area contributed by atoms with Gasteiger partial charge in [0.1, 0.15) is 5.75 Å². The summed E-state index contributed by atoms with van der Waals surface area (Å²) >= 11 is 0. The Morgan fingerprint density at radius 1 is 1.00 bits per heavy atom. The molecule has 2 heteroatoms. The summed E-state index contributed by atoms with van der Waals surface area (Å²) in [5, 5.41) is 0. The molecular formula is C18H20O2. The van der Waals surface area contributed by atoms with Gasteiger partial charge < -0.3 is 4.74 Å². The lowest BCUT2D eigenvalue weighted by molar-refractivity contribution is 0.0992. The van der Waals surface area contributed by atoms with Gasteiger partial charge in [-0.05, 0) is 61.7 Å². The number of ether oxygens (including phenoxy) is 1. The number of methoxy groups -OCH3 is 1. The van der Waals surface area contributed by atoms with Crippen molar-refractivity contribution in [3.05, 3.63) is 64.2 Å². The van der Waals surface area contributed by atoms with Crippen LogP contribution in [0.2, 0.25) is 0 Å². The lowest BCUT2D eigenvalue weighted by Gasteiger charge is -2.11. The molecule has 0 saturated carbocycles. The number of carbonyl (C=O) groups is 1. The van der Waals surface area contributed by atoms with E-state index < -0.39 is 0 Å². The normalized spacial score (nSPS) is 10.4. The van der Waals surface area contributed by atoms with E-state index in [0.29, 0.717) is 6.42 Å². The molecule has 20 heavy (non-hydrogen) atoms. The molecule has 0 aromatic heterocycles. The highest BCUT2D eigenvalue weighted by Gasteiger charge is 2.11. The molecule has 0 fully saturated rings. The van der Waals surface area contributed by atoms with E-state index in [0.717, 1.165) is 16.9 Å². The lowest BCUT2D eigenvalue weighted by Crippen LogP contribution is -2.07. The number of hydrogen-bond donors (Lipinski definition) is 0. The molecule has 0 atom stereocenters. The van der Waals surface area contributed by atoms with Crippen LogP contribution in [-0.4, -0.2) is 12.9 Å². The number of carbonyl (C=O) groups excluding carboxylic acids is 1. The van der Waals surface area contributed by atoms with E-state index in [1.807, 2.05) is 24.3 Å². The van der Waals surface area contributed by atoms with Gasteiger partial charge in [0, 0.05) is 12.0 Å². The second kappa shape index (κ2) is 5.91. The van der Waals surface area contributed by atoms with Crippen molar-refractivity contribution in [2.24, 2.45) is 0 Å². The van der Waals surface area contributed by atoms with Gasteiger partial charge in [-0.25, -0.2) is 0 Å². The van der Waals surface area contributed by atoms with E-state index in [1.54, 1.807) is 7.11 Å². The second-order valence-corrected chi connectivity index (χ2v) is 5.21. The largest absolute Gasteiger partial charge is 0.497 e. The van der Waals surface area contributed by atoms with Crippen molar-refractivity contribution in [1.29, 1.82) is 0 Å². The first-order valence-electron chi connectivity index (χ1n) is 6.75. The fourth-order valence-electron chi connectivity index (χ4n) is 2.53. The number of Topliss-reactive ketones (excluding diaryl/α,β-unsaturated/α-hetero) is 1. The molecule has 0 aliphatic carbocycles. The number of benzene rings is 2. The van der Waals surface area contributed by atoms with E-state index in [2.05, 4.69) is 32.9 Å². The summed E-state index contributed by atoms with van der Waals surface area (Å²) in [4.78, 5) is 12.4. The van der Waals surface area contributed by atoms with Gasteiger partial charge in [0.2, 0.25) is 0 Å². The molecular weight excluding hydrogens is 248 g/mol. The molecule has 2 aromatic carbocycles. The molecule has 2 rings (SSSR count). The van der Waals surface area contributed by atoms with Crippen LogP contribution in [0.3, 0.4) is 0 Å². The highest BCUT2D eigenvalue weighted by atomic mass is 16.5. The number of hydrogen-bond acceptors (Lipinski definition) is 2. The van der Waals surface area contributed by atoms with Crippen LogP contribution in [0.4, 0.5) is 0 Å². The fraction of sp³-hybridized carbons (Fsp3) is 0.278. The maximum atomic E-state index is 12.4. The zero-order chi connectivity index (χ0) is 14.7. The number of ketones is 1. The van der Waals surface area contributed by atoms with Crippen LogP contribution >= 0.6 is 0 Å². The van der Waals surface area contributed by atoms with Crippen LogP contribution in [0, 0.1) is 20.8 Å². The first-order valence-corrected chi connectivity index (χ1v) is 6.75. The van der Waals surface area contributed by atoms with Crippen LogP contribution < -0.4 is 4.74 Å². The van der Waals surface area contributed by atoms with E-state index in [9.17, 15) is 4.79 Å². The van der Waals surface area contributed by atoms with Gasteiger partial charge in [-0.1, -0.05) is 17.7 Å². The van der Waals surface area contributed by atoms with Gasteiger partial charge in [0.25, 0.3) is 0 Å². The van der Waals surface area contributed by atoms with E-state index in [4.69, 9.17) is 4.74 Å². The summed E-state index contributed by atoms with van der Waals surface area (Å²) in [5.41, 5.74) is 5.47. The summed E-state index contributed by atoms with van der Waals surface area (Å²) in [6.45, 7) is 6.21. The molecule has 0 N–H and O–H groups in total. The number of rotatable bonds is 4. The quantitative estimate of drug-likeness (QED) is 0.782. The molecule has 0 aliphatic rings. The van der Waals surface area contributed by atoms with Gasteiger partial charge in [0.15, 0.2) is 5.78 Å². The minimum atomic E-state index is 0.141. The topological polar surface area (TPSA) is 26.3 Å². The standard InChI is InChI=1S/C18H20O2/c1-12-9-13(2)17(14(3)10-12)11-18(19)15-5-7-16(20-4)8-6-15/h5-10H,11H2,1-4H3. The Balaban J connectivity index is 2.23. The average molecular weight is 268 g/mol. The van der Waals surface area contributed by atoms with Crippen molar-refractivity contribution in [2.75, 3.05) is 7.11 Å². The molecule has 0 saturated heterocycles. The second-order valence-electron chi connectivity index (χ2n) is 5.21. The Bertz CT molecular complexity index is 601. The van der Waals surface area contributed by atoms with Crippen molar-refractivity contribution in [1.82, 2.24) is 0 Å². The predicted molar refractivity (Wildman–Crippen MR) is 81.7 cm³/mol. The van der Waals surface area contributed by atoms with Crippen LogP contribution in [0.25, 0.3) is 0 Å². The molecule has 0 unspecified atom stereocenters. The predicted octanol–water partition coefficient (Wildman–Crippen LogP) is 4.05. The summed E-state index contributed by atoms with van der Waals surface area (Å²) in [6, 6.07) is 11.5. The van der Waals surface area contributed by atoms with Gasteiger partial charge in [0.05, 0.1) is 7.11 Å². The molecule has 2 nitrogen and oxygen atoms in total. The third kappa shape index (κ3) is 3.08. The Morgan fingerprint density at radius 3 is 2.05 bits per heavy atom. The van der Waals surface area contributed by atoms with Gasteiger partial charge in [-0.15, -0.1) is 0 Å². The molecule has 0 aliphatic heterocycles. The molecule has 2 aromatic rings. The highest BCUT2D eigenvalue weighted by Crippen LogP contribution is 2.19. The van der Waals surface area contributed by atoms with Crippen LogP contribution in [-0.2, 0) is 6.42 Å². The summed E-state index contributed by atoms with van der Waals surface area (Å²) in [5.74, 6) is 0.909. The van der Waals surface area contributed by atoms with Crippen LogP contribution in [0.1, 0.15) is 32.6 Å². The van der Waals surface area contributed by atoms with Gasteiger partial charge in [-0.2, -0.15) is 0 Å². The Hall–Kier alpha value is -2.09. The van der Waals surface area contributed by atoms with E-state index in [-0.39, 0.29) is 5.78 Å². The van der Waals surface area contributed by atoms with Crippen LogP contribution in [0.15, 0.2) is 36.4 Å². The maximum Gasteiger partial charge on any atom is 0.167 e. The van der Waals surface area contributed by atoms with E-state index in [1.165, 1.54) is 16.7 Å². The Kier molecular flexibility index (Phi) is 4.23. The van der Waals surface area contributed by atoms with Gasteiger partial charge >= 0.3 is 0 Å². The summed E-state index contributed by atoms with van der Waals surface area (Å²) < 4.78 is 5.11. The SMILES string of the molecule is COc1ccc(C(=O)Cc2c(C)cc(C)cc2C)cc1. The fourth-order valence-corrected chi connectivity index (χ4v) is 2.53. The van der Waals surface area contributed by atoms with Gasteiger partial charge in [-0.3, -0.25) is 4.79 Å². The first kappa shape index (κ1) is 14.3.